The Morgan fingerprint density at radius 3 is 2.44 bits per heavy atom. The monoisotopic (exact) mass is 386 g/mol. The maximum atomic E-state index is 13.5. The van der Waals surface area contributed by atoms with Crippen molar-refractivity contribution in [2.24, 2.45) is 5.14 Å². The van der Waals surface area contributed by atoms with Gasteiger partial charge in [-0.1, -0.05) is 12.1 Å². The second-order valence-corrected chi connectivity index (χ2v) is 7.85. The molecule has 2 aromatic rings. The first-order valence-corrected chi connectivity index (χ1v) is 9.70. The van der Waals surface area contributed by atoms with Crippen LogP contribution in [-0.2, 0) is 14.8 Å². The highest BCUT2D eigenvalue weighted by Crippen LogP contribution is 2.23. The molecule has 0 bridgehead atoms. The quantitative estimate of drug-likeness (QED) is 0.747. The van der Waals surface area contributed by atoms with Crippen molar-refractivity contribution in [2.45, 2.75) is 22.8 Å². The Hall–Kier alpha value is -1.97. The number of hydrogen-bond acceptors (Lipinski definition) is 4. The predicted molar refractivity (Wildman–Crippen MR) is 91.5 cm³/mol. The number of benzene rings is 2. The number of carbonyl (C=O) groups excluding carboxylic acids is 1. The van der Waals surface area contributed by atoms with Crippen molar-refractivity contribution < 1.29 is 22.0 Å². The third-order valence-electron chi connectivity index (χ3n) is 3.34. The second kappa shape index (κ2) is 7.94. The van der Waals surface area contributed by atoms with E-state index in [1.54, 1.807) is 19.1 Å². The molecule has 0 aliphatic rings. The Morgan fingerprint density at radius 1 is 1.20 bits per heavy atom. The first kappa shape index (κ1) is 19.4. The number of hydrogen-bond donors (Lipinski definition) is 2. The number of rotatable bonds is 6. The Labute approximate surface area is 148 Å². The minimum absolute atomic E-state index is 0.0214. The van der Waals surface area contributed by atoms with Crippen molar-refractivity contribution in [3.8, 4) is 0 Å². The maximum absolute atomic E-state index is 13.5. The van der Waals surface area contributed by atoms with Crippen LogP contribution in [0, 0.1) is 11.6 Å². The molecule has 0 radical (unpaired) electrons. The lowest BCUT2D eigenvalue weighted by atomic mass is 10.1. The Balaban J connectivity index is 1.94. The normalized spacial score (nSPS) is 12.6. The van der Waals surface area contributed by atoms with E-state index in [0.29, 0.717) is 5.56 Å². The van der Waals surface area contributed by atoms with E-state index in [1.165, 1.54) is 12.1 Å². The zero-order valence-corrected chi connectivity index (χ0v) is 14.8. The molecule has 25 heavy (non-hydrogen) atoms. The lowest BCUT2D eigenvalue weighted by Gasteiger charge is -2.14. The van der Waals surface area contributed by atoms with Crippen LogP contribution in [0.3, 0.4) is 0 Å². The summed E-state index contributed by atoms with van der Waals surface area (Å²) < 4.78 is 49.0. The standard InChI is InChI=1S/C16H16F2N2O3S2/c1-10(11-2-5-13(6-3-11)25(19,22)23)20-16(21)9-24-15-8-12(17)4-7-14(15)18/h2-8,10H,9H2,1H3,(H,20,21)(H2,19,22,23). The van der Waals surface area contributed by atoms with E-state index in [4.69, 9.17) is 5.14 Å². The van der Waals surface area contributed by atoms with E-state index in [2.05, 4.69) is 5.32 Å². The van der Waals surface area contributed by atoms with E-state index < -0.39 is 21.7 Å². The largest absolute Gasteiger partial charge is 0.349 e. The van der Waals surface area contributed by atoms with E-state index in [-0.39, 0.29) is 27.5 Å². The molecule has 0 aliphatic heterocycles. The summed E-state index contributed by atoms with van der Waals surface area (Å²) in [6.07, 6.45) is 0. The molecule has 9 heteroatoms. The number of nitrogens with one attached hydrogen (secondary N) is 1. The molecule has 3 N–H and O–H groups in total. The van der Waals surface area contributed by atoms with Crippen molar-refractivity contribution >= 4 is 27.7 Å². The van der Waals surface area contributed by atoms with Crippen molar-refractivity contribution in [1.29, 1.82) is 0 Å². The molecule has 0 aromatic heterocycles. The van der Waals surface area contributed by atoms with Gasteiger partial charge in [-0.05, 0) is 42.8 Å². The SMILES string of the molecule is CC(NC(=O)CSc1cc(F)ccc1F)c1ccc(S(N)(=O)=O)cc1. The van der Waals surface area contributed by atoms with Crippen molar-refractivity contribution in [3.63, 3.8) is 0 Å². The first-order valence-electron chi connectivity index (χ1n) is 7.17. The third kappa shape index (κ3) is 5.52. The molecular formula is C16H16F2N2O3S2. The summed E-state index contributed by atoms with van der Waals surface area (Å²) in [6, 6.07) is 8.45. The van der Waals surface area contributed by atoms with Gasteiger partial charge < -0.3 is 5.32 Å². The highest BCUT2D eigenvalue weighted by Gasteiger charge is 2.13. The van der Waals surface area contributed by atoms with Crippen molar-refractivity contribution in [1.82, 2.24) is 5.32 Å². The summed E-state index contributed by atoms with van der Waals surface area (Å²) in [4.78, 5) is 12.0. The Morgan fingerprint density at radius 2 is 1.84 bits per heavy atom. The van der Waals surface area contributed by atoms with Gasteiger partial charge in [0.15, 0.2) is 0 Å². The minimum Gasteiger partial charge on any atom is -0.349 e. The lowest BCUT2D eigenvalue weighted by molar-refractivity contribution is -0.119. The van der Waals surface area contributed by atoms with Gasteiger partial charge >= 0.3 is 0 Å². The zero-order chi connectivity index (χ0) is 18.6. The molecule has 0 saturated heterocycles. The Bertz CT molecular complexity index is 871. The van der Waals surface area contributed by atoms with Crippen molar-refractivity contribution in [2.75, 3.05) is 5.75 Å². The topological polar surface area (TPSA) is 89.3 Å². The predicted octanol–water partition coefficient (Wildman–Crippen LogP) is 2.58. The molecule has 0 fully saturated rings. The minimum atomic E-state index is -3.77. The van der Waals surface area contributed by atoms with Gasteiger partial charge in [-0.2, -0.15) is 0 Å². The van der Waals surface area contributed by atoms with Crippen LogP contribution in [-0.4, -0.2) is 20.1 Å². The number of carbonyl (C=O) groups is 1. The van der Waals surface area contributed by atoms with Gasteiger partial charge in [0.2, 0.25) is 15.9 Å². The van der Waals surface area contributed by atoms with Gasteiger partial charge in [-0.3, -0.25) is 4.79 Å². The second-order valence-electron chi connectivity index (χ2n) is 5.27. The molecule has 2 aromatic carbocycles. The number of primary sulfonamides is 1. The van der Waals surface area contributed by atoms with Crippen LogP contribution >= 0.6 is 11.8 Å². The summed E-state index contributed by atoms with van der Waals surface area (Å²) in [5, 5.41) is 7.73. The smallest absolute Gasteiger partial charge is 0.238 e. The number of thioether (sulfide) groups is 1. The third-order valence-corrected chi connectivity index (χ3v) is 5.30. The maximum Gasteiger partial charge on any atom is 0.238 e. The van der Waals surface area contributed by atoms with Gasteiger partial charge in [0, 0.05) is 4.90 Å². The molecule has 134 valence electrons. The van der Waals surface area contributed by atoms with E-state index in [9.17, 15) is 22.0 Å². The van der Waals surface area contributed by atoms with E-state index in [0.717, 1.165) is 30.0 Å². The molecule has 1 amide bonds. The molecule has 1 unspecified atom stereocenters. The van der Waals surface area contributed by atoms with Crippen LogP contribution in [0.5, 0.6) is 0 Å². The average Bonchev–Trinajstić information content (AvgIpc) is 2.55. The fourth-order valence-electron chi connectivity index (χ4n) is 2.04. The molecule has 0 aliphatic carbocycles. The number of amides is 1. The van der Waals surface area contributed by atoms with Gasteiger partial charge in [-0.25, -0.2) is 22.3 Å². The van der Waals surface area contributed by atoms with Gasteiger partial charge in [0.1, 0.15) is 11.6 Å². The van der Waals surface area contributed by atoms with Crippen LogP contribution in [0.2, 0.25) is 0 Å². The fraction of sp³-hybridized carbons (Fsp3) is 0.188. The first-order chi connectivity index (χ1) is 11.7. The van der Waals surface area contributed by atoms with Crippen molar-refractivity contribution in [3.05, 3.63) is 59.7 Å². The van der Waals surface area contributed by atoms with Gasteiger partial charge in [-0.15, -0.1) is 11.8 Å². The molecule has 0 saturated carbocycles. The average molecular weight is 386 g/mol. The summed E-state index contributed by atoms with van der Waals surface area (Å²) in [5.74, 6) is -1.62. The fourth-order valence-corrected chi connectivity index (χ4v) is 3.33. The van der Waals surface area contributed by atoms with Gasteiger partial charge in [0.25, 0.3) is 0 Å². The summed E-state index contributed by atoms with van der Waals surface area (Å²) in [7, 11) is -3.77. The molecule has 1 atom stereocenters. The van der Waals surface area contributed by atoms with Gasteiger partial charge in [0.05, 0.1) is 16.7 Å². The summed E-state index contributed by atoms with van der Waals surface area (Å²) in [5.41, 5.74) is 0.683. The molecular weight excluding hydrogens is 370 g/mol. The summed E-state index contributed by atoms with van der Waals surface area (Å²) >= 11 is 0.889. The van der Waals surface area contributed by atoms with Crippen LogP contribution in [0.1, 0.15) is 18.5 Å². The van der Waals surface area contributed by atoms with Crippen LogP contribution < -0.4 is 10.5 Å². The molecule has 0 heterocycles. The number of sulfonamides is 1. The number of halogens is 2. The molecule has 0 spiro atoms. The van der Waals surface area contributed by atoms with E-state index in [1.807, 2.05) is 0 Å². The molecule has 2 rings (SSSR count). The van der Waals surface area contributed by atoms with Crippen LogP contribution in [0.4, 0.5) is 8.78 Å². The zero-order valence-electron chi connectivity index (χ0n) is 13.2. The van der Waals surface area contributed by atoms with E-state index >= 15 is 0 Å². The summed E-state index contributed by atoms with van der Waals surface area (Å²) in [6.45, 7) is 1.72. The van der Waals surface area contributed by atoms with Crippen LogP contribution in [0.25, 0.3) is 0 Å². The van der Waals surface area contributed by atoms with Crippen LogP contribution in [0.15, 0.2) is 52.3 Å². The lowest BCUT2D eigenvalue weighted by Crippen LogP contribution is -2.28. The highest BCUT2D eigenvalue weighted by atomic mass is 32.2. The Kier molecular flexibility index (Phi) is 6.15. The molecule has 5 nitrogen and oxygen atoms in total. The highest BCUT2D eigenvalue weighted by molar-refractivity contribution is 8.00. The number of nitrogens with two attached hydrogens (primary N) is 1.